The van der Waals surface area contributed by atoms with Gasteiger partial charge in [-0.25, -0.2) is 4.98 Å². The van der Waals surface area contributed by atoms with Crippen LogP contribution in [0.15, 0.2) is 3.79 Å². The van der Waals surface area contributed by atoms with Crippen LogP contribution in [0.2, 0.25) is 0 Å². The molecule has 1 heterocycles. The van der Waals surface area contributed by atoms with Crippen molar-refractivity contribution in [1.29, 1.82) is 0 Å². The number of aromatic nitrogens is 1. The summed E-state index contributed by atoms with van der Waals surface area (Å²) in [5.41, 5.74) is 5.83. The summed E-state index contributed by atoms with van der Waals surface area (Å²) in [4.78, 5) is 14.1. The van der Waals surface area contributed by atoms with E-state index in [-0.39, 0.29) is 6.42 Å². The van der Waals surface area contributed by atoms with Crippen LogP contribution in [0.4, 0.5) is 5.13 Å². The number of carboxylic acid groups (broad SMARTS) is 1. The van der Waals surface area contributed by atoms with E-state index in [0.717, 1.165) is 0 Å². The Morgan fingerprint density at radius 1 is 1.82 bits per heavy atom. The molecule has 0 bridgehead atoms. The van der Waals surface area contributed by atoms with E-state index in [1.165, 1.54) is 11.3 Å². The number of carboxylic acids is 1. The number of carbonyl (C=O) groups is 1. The fraction of sp³-hybridized carbons (Fsp3) is 0.200. The third kappa shape index (κ3) is 2.16. The first kappa shape index (κ1) is 8.48. The molecule has 0 aromatic carbocycles. The monoisotopic (exact) mass is 236 g/mol. The number of aliphatic carboxylic acids is 1. The van der Waals surface area contributed by atoms with Crippen LogP contribution in [-0.4, -0.2) is 16.1 Å². The summed E-state index contributed by atoms with van der Waals surface area (Å²) >= 11 is 4.39. The summed E-state index contributed by atoms with van der Waals surface area (Å²) in [6, 6.07) is 0. The fourth-order valence-electron chi connectivity index (χ4n) is 0.603. The summed E-state index contributed by atoms with van der Waals surface area (Å²) in [7, 11) is 0. The molecule has 60 valence electrons. The van der Waals surface area contributed by atoms with Gasteiger partial charge in [-0.15, -0.1) is 0 Å². The van der Waals surface area contributed by atoms with E-state index in [2.05, 4.69) is 20.9 Å². The Kier molecular flexibility index (Phi) is 2.45. The van der Waals surface area contributed by atoms with Crippen molar-refractivity contribution in [3.05, 3.63) is 9.48 Å². The topological polar surface area (TPSA) is 76.2 Å². The first-order valence-corrected chi connectivity index (χ1v) is 4.33. The highest BCUT2D eigenvalue weighted by Gasteiger charge is 2.09. The summed E-state index contributed by atoms with van der Waals surface area (Å²) in [5.74, 6) is -0.906. The molecule has 4 nitrogen and oxygen atoms in total. The number of nitrogens with two attached hydrogens (primary N) is 1. The molecule has 0 aliphatic rings. The van der Waals surface area contributed by atoms with Crippen LogP contribution in [0, 0.1) is 0 Å². The third-order valence-electron chi connectivity index (χ3n) is 0.985. The molecular weight excluding hydrogens is 232 g/mol. The Bertz CT molecular complexity index is 286. The van der Waals surface area contributed by atoms with Crippen LogP contribution in [-0.2, 0) is 11.2 Å². The van der Waals surface area contributed by atoms with Crippen LogP contribution in [0.1, 0.15) is 5.69 Å². The van der Waals surface area contributed by atoms with Gasteiger partial charge < -0.3 is 10.8 Å². The molecular formula is C5H5BrN2O2S. The molecule has 0 atom stereocenters. The zero-order chi connectivity index (χ0) is 8.43. The molecule has 0 spiro atoms. The Labute approximate surface area is 75.2 Å². The highest BCUT2D eigenvalue weighted by atomic mass is 79.9. The van der Waals surface area contributed by atoms with Crippen molar-refractivity contribution in [2.24, 2.45) is 0 Å². The van der Waals surface area contributed by atoms with Crippen LogP contribution in [0.3, 0.4) is 0 Å². The van der Waals surface area contributed by atoms with E-state index in [9.17, 15) is 4.79 Å². The highest BCUT2D eigenvalue weighted by Crippen LogP contribution is 2.26. The summed E-state index contributed by atoms with van der Waals surface area (Å²) in [6.45, 7) is 0. The van der Waals surface area contributed by atoms with Gasteiger partial charge >= 0.3 is 5.97 Å². The number of thiazole rings is 1. The number of hydrogen-bond acceptors (Lipinski definition) is 4. The second kappa shape index (κ2) is 3.19. The Morgan fingerprint density at radius 3 is 2.82 bits per heavy atom. The molecule has 0 aliphatic carbocycles. The second-order valence-electron chi connectivity index (χ2n) is 1.84. The van der Waals surface area contributed by atoms with Gasteiger partial charge in [0.05, 0.1) is 15.9 Å². The largest absolute Gasteiger partial charge is 0.481 e. The van der Waals surface area contributed by atoms with Crippen molar-refractivity contribution >= 4 is 38.4 Å². The zero-order valence-corrected chi connectivity index (χ0v) is 7.78. The van der Waals surface area contributed by atoms with Gasteiger partial charge in [0.2, 0.25) is 0 Å². The van der Waals surface area contributed by atoms with Crippen molar-refractivity contribution in [2.75, 3.05) is 5.73 Å². The van der Waals surface area contributed by atoms with Crippen molar-refractivity contribution in [1.82, 2.24) is 4.98 Å². The molecule has 0 fully saturated rings. The van der Waals surface area contributed by atoms with Gasteiger partial charge in [-0.05, 0) is 15.9 Å². The molecule has 6 heteroatoms. The maximum atomic E-state index is 10.2. The third-order valence-corrected chi connectivity index (χ3v) is 2.64. The lowest BCUT2D eigenvalue weighted by Gasteiger charge is -1.88. The smallest absolute Gasteiger partial charge is 0.309 e. The van der Waals surface area contributed by atoms with E-state index in [1.54, 1.807) is 0 Å². The Balaban J connectivity index is 2.85. The number of nitrogens with zero attached hydrogens (tertiary/aromatic N) is 1. The minimum atomic E-state index is -0.906. The number of anilines is 1. The average Bonchev–Trinajstić information content (AvgIpc) is 2.09. The van der Waals surface area contributed by atoms with Gasteiger partial charge in [0.25, 0.3) is 0 Å². The standard InChI is InChI=1S/C5H5BrN2O2S/c6-4-2(1-3(9)10)8-5(7)11-4/h1H2,(H2,7,8)(H,9,10). The van der Waals surface area contributed by atoms with Gasteiger partial charge in [-0.1, -0.05) is 11.3 Å². The van der Waals surface area contributed by atoms with Crippen molar-refractivity contribution in [3.63, 3.8) is 0 Å². The highest BCUT2D eigenvalue weighted by molar-refractivity contribution is 9.11. The lowest BCUT2D eigenvalue weighted by atomic mass is 10.3. The van der Waals surface area contributed by atoms with E-state index in [1.807, 2.05) is 0 Å². The molecule has 1 aromatic rings. The number of hydrogen-bond donors (Lipinski definition) is 2. The summed E-state index contributed by atoms with van der Waals surface area (Å²) in [6.07, 6.45) is -0.0890. The lowest BCUT2D eigenvalue weighted by molar-refractivity contribution is -0.136. The predicted octanol–water partition coefficient (Wildman–Crippen LogP) is 1.11. The number of rotatable bonds is 2. The van der Waals surface area contributed by atoms with Crippen molar-refractivity contribution in [2.45, 2.75) is 6.42 Å². The molecule has 1 rings (SSSR count). The van der Waals surface area contributed by atoms with Gasteiger partial charge in [-0.2, -0.15) is 0 Å². The normalized spacial score (nSPS) is 9.91. The number of nitrogen functional groups attached to an aromatic ring is 1. The molecule has 1 aromatic heterocycles. The number of halogens is 1. The zero-order valence-electron chi connectivity index (χ0n) is 5.37. The van der Waals surface area contributed by atoms with E-state index in [0.29, 0.717) is 14.6 Å². The first-order valence-electron chi connectivity index (χ1n) is 2.72. The molecule has 3 N–H and O–H groups in total. The fourth-order valence-corrected chi connectivity index (χ4v) is 1.90. The maximum Gasteiger partial charge on any atom is 0.309 e. The van der Waals surface area contributed by atoms with Gasteiger partial charge in [-0.3, -0.25) is 4.79 Å². The molecule has 0 saturated carbocycles. The van der Waals surface area contributed by atoms with E-state index >= 15 is 0 Å². The maximum absolute atomic E-state index is 10.2. The average molecular weight is 237 g/mol. The van der Waals surface area contributed by atoms with Crippen LogP contribution in [0.5, 0.6) is 0 Å². The first-order chi connectivity index (χ1) is 5.09. The minimum absolute atomic E-state index is 0.0890. The van der Waals surface area contributed by atoms with Crippen LogP contribution in [0.25, 0.3) is 0 Å². The predicted molar refractivity (Wildman–Crippen MR) is 45.6 cm³/mol. The molecule has 0 aliphatic heterocycles. The Morgan fingerprint density at radius 2 is 2.45 bits per heavy atom. The summed E-state index contributed by atoms with van der Waals surface area (Å²) in [5, 5.41) is 8.79. The molecule has 0 radical (unpaired) electrons. The van der Waals surface area contributed by atoms with Gasteiger partial charge in [0.15, 0.2) is 5.13 Å². The van der Waals surface area contributed by atoms with Crippen molar-refractivity contribution in [3.8, 4) is 0 Å². The lowest BCUT2D eigenvalue weighted by Crippen LogP contribution is -2.00. The molecule has 0 amide bonds. The Hall–Kier alpha value is -0.620. The molecule has 11 heavy (non-hydrogen) atoms. The van der Waals surface area contributed by atoms with E-state index < -0.39 is 5.97 Å². The van der Waals surface area contributed by atoms with Gasteiger partial charge in [0, 0.05) is 0 Å². The summed E-state index contributed by atoms with van der Waals surface area (Å²) < 4.78 is 0.692. The van der Waals surface area contributed by atoms with Crippen molar-refractivity contribution < 1.29 is 9.90 Å². The van der Waals surface area contributed by atoms with Gasteiger partial charge in [0.1, 0.15) is 0 Å². The molecule has 0 saturated heterocycles. The molecule has 0 unspecified atom stereocenters. The minimum Gasteiger partial charge on any atom is -0.481 e. The second-order valence-corrected chi connectivity index (χ2v) is 4.19. The van der Waals surface area contributed by atoms with Crippen LogP contribution >= 0.6 is 27.3 Å². The SMILES string of the molecule is Nc1nc(CC(=O)O)c(Br)s1. The van der Waals surface area contributed by atoms with Crippen LogP contribution < -0.4 is 5.73 Å². The van der Waals surface area contributed by atoms with E-state index in [4.69, 9.17) is 10.8 Å². The quantitative estimate of drug-likeness (QED) is 0.807.